The van der Waals surface area contributed by atoms with Gasteiger partial charge in [-0.15, -0.1) is 0 Å². The third kappa shape index (κ3) is 3.33. The fraction of sp³-hybridized carbons (Fsp3) is 0.533. The van der Waals surface area contributed by atoms with Gasteiger partial charge in [-0.25, -0.2) is 0 Å². The van der Waals surface area contributed by atoms with Crippen molar-refractivity contribution < 1.29 is 4.79 Å². The van der Waals surface area contributed by atoms with Crippen LogP contribution in [0.4, 0.5) is 0 Å². The molecule has 1 aromatic carbocycles. The zero-order valence-corrected chi connectivity index (χ0v) is 11.6. The van der Waals surface area contributed by atoms with Crippen LogP contribution in [-0.2, 0) is 0 Å². The SMILES string of the molecule is CCC1CCCCN1CC(=O)c1ccc(Cl)cc1. The fourth-order valence-corrected chi connectivity index (χ4v) is 2.77. The van der Waals surface area contributed by atoms with Gasteiger partial charge in [0.05, 0.1) is 6.54 Å². The average Bonchev–Trinajstić information content (AvgIpc) is 2.40. The monoisotopic (exact) mass is 265 g/mol. The Morgan fingerprint density at radius 2 is 2.06 bits per heavy atom. The van der Waals surface area contributed by atoms with Gasteiger partial charge >= 0.3 is 0 Å². The van der Waals surface area contributed by atoms with E-state index >= 15 is 0 Å². The Hall–Kier alpha value is -0.860. The van der Waals surface area contributed by atoms with Crippen LogP contribution in [0.2, 0.25) is 5.02 Å². The second-order valence-electron chi connectivity index (χ2n) is 4.96. The van der Waals surface area contributed by atoms with Crippen molar-refractivity contribution in [3.05, 3.63) is 34.9 Å². The molecule has 1 aliphatic heterocycles. The summed E-state index contributed by atoms with van der Waals surface area (Å²) in [7, 11) is 0. The third-order valence-corrected chi connectivity index (χ3v) is 3.99. The summed E-state index contributed by atoms with van der Waals surface area (Å²) < 4.78 is 0. The van der Waals surface area contributed by atoms with Gasteiger partial charge in [0, 0.05) is 16.6 Å². The summed E-state index contributed by atoms with van der Waals surface area (Å²) in [5, 5.41) is 0.677. The van der Waals surface area contributed by atoms with E-state index in [1.54, 1.807) is 12.1 Å². The predicted molar refractivity (Wildman–Crippen MR) is 75.3 cm³/mol. The van der Waals surface area contributed by atoms with Gasteiger partial charge in [-0.05, 0) is 50.1 Å². The first-order valence-corrected chi connectivity index (χ1v) is 7.11. The summed E-state index contributed by atoms with van der Waals surface area (Å²) >= 11 is 5.83. The topological polar surface area (TPSA) is 20.3 Å². The summed E-state index contributed by atoms with van der Waals surface area (Å²) in [4.78, 5) is 14.5. The van der Waals surface area contributed by atoms with Crippen LogP contribution in [0.5, 0.6) is 0 Å². The Bertz CT molecular complexity index is 401. The molecule has 0 amide bonds. The quantitative estimate of drug-likeness (QED) is 0.772. The first-order chi connectivity index (χ1) is 8.70. The molecule has 0 saturated carbocycles. The summed E-state index contributed by atoms with van der Waals surface area (Å²) in [5.41, 5.74) is 0.764. The highest BCUT2D eigenvalue weighted by molar-refractivity contribution is 6.30. The van der Waals surface area contributed by atoms with Crippen molar-refractivity contribution in [2.75, 3.05) is 13.1 Å². The van der Waals surface area contributed by atoms with Crippen LogP contribution in [0.25, 0.3) is 0 Å². The predicted octanol–water partition coefficient (Wildman–Crippen LogP) is 3.79. The molecule has 3 heteroatoms. The van der Waals surface area contributed by atoms with Crippen molar-refractivity contribution in [2.24, 2.45) is 0 Å². The van der Waals surface area contributed by atoms with E-state index in [4.69, 9.17) is 11.6 Å². The number of piperidine rings is 1. The Balaban J connectivity index is 1.99. The van der Waals surface area contributed by atoms with Gasteiger partial charge in [0.1, 0.15) is 0 Å². The number of halogens is 1. The molecule has 1 aromatic rings. The number of benzene rings is 1. The summed E-state index contributed by atoms with van der Waals surface area (Å²) in [5.74, 6) is 0.201. The van der Waals surface area contributed by atoms with Crippen LogP contribution in [-0.4, -0.2) is 29.8 Å². The lowest BCUT2D eigenvalue weighted by molar-refractivity contribution is 0.0838. The molecule has 0 aliphatic carbocycles. The zero-order chi connectivity index (χ0) is 13.0. The third-order valence-electron chi connectivity index (χ3n) is 3.73. The molecule has 18 heavy (non-hydrogen) atoms. The first kappa shape index (κ1) is 13.6. The second-order valence-corrected chi connectivity index (χ2v) is 5.39. The van der Waals surface area contributed by atoms with Crippen LogP contribution in [0.1, 0.15) is 43.0 Å². The Morgan fingerprint density at radius 1 is 1.33 bits per heavy atom. The van der Waals surface area contributed by atoms with Crippen molar-refractivity contribution in [2.45, 2.75) is 38.6 Å². The molecule has 98 valence electrons. The van der Waals surface area contributed by atoms with Crippen molar-refractivity contribution >= 4 is 17.4 Å². The highest BCUT2D eigenvalue weighted by atomic mass is 35.5. The normalized spacial score (nSPS) is 20.9. The van der Waals surface area contributed by atoms with Crippen molar-refractivity contribution in [3.8, 4) is 0 Å². The van der Waals surface area contributed by atoms with Gasteiger partial charge in [0.2, 0.25) is 0 Å². The minimum atomic E-state index is 0.201. The minimum absolute atomic E-state index is 0.201. The number of nitrogens with zero attached hydrogens (tertiary/aromatic N) is 1. The molecule has 1 unspecified atom stereocenters. The molecule has 2 rings (SSSR count). The van der Waals surface area contributed by atoms with E-state index in [0.29, 0.717) is 17.6 Å². The van der Waals surface area contributed by atoms with Crippen molar-refractivity contribution in [1.29, 1.82) is 0 Å². The zero-order valence-electron chi connectivity index (χ0n) is 10.9. The largest absolute Gasteiger partial charge is 0.293 e. The van der Waals surface area contributed by atoms with Gasteiger partial charge in [-0.2, -0.15) is 0 Å². The Kier molecular flexibility index (Phi) is 4.79. The van der Waals surface area contributed by atoms with Gasteiger partial charge < -0.3 is 0 Å². The van der Waals surface area contributed by atoms with Gasteiger partial charge in [-0.1, -0.05) is 24.9 Å². The molecule has 1 fully saturated rings. The Morgan fingerprint density at radius 3 is 2.72 bits per heavy atom. The maximum absolute atomic E-state index is 12.2. The van der Waals surface area contributed by atoms with E-state index in [9.17, 15) is 4.79 Å². The van der Waals surface area contributed by atoms with E-state index in [-0.39, 0.29) is 5.78 Å². The van der Waals surface area contributed by atoms with Crippen LogP contribution >= 0.6 is 11.6 Å². The number of rotatable bonds is 4. The molecular formula is C15H20ClNO. The molecule has 0 N–H and O–H groups in total. The van der Waals surface area contributed by atoms with Crippen LogP contribution < -0.4 is 0 Å². The molecule has 1 aliphatic rings. The molecule has 1 heterocycles. The molecule has 1 atom stereocenters. The summed E-state index contributed by atoms with van der Waals surface area (Å²) in [6.45, 7) is 3.80. The summed E-state index contributed by atoms with van der Waals surface area (Å²) in [6.07, 6.45) is 4.87. The lowest BCUT2D eigenvalue weighted by atomic mass is 9.99. The Labute approximate surface area is 114 Å². The molecular weight excluding hydrogens is 246 g/mol. The van der Waals surface area contributed by atoms with Crippen molar-refractivity contribution in [1.82, 2.24) is 4.90 Å². The van der Waals surface area contributed by atoms with Gasteiger partial charge in [0.25, 0.3) is 0 Å². The molecule has 0 spiro atoms. The first-order valence-electron chi connectivity index (χ1n) is 6.73. The number of Topliss-reactive ketones (excluding diaryl/α,β-unsaturated/α-hetero) is 1. The van der Waals surface area contributed by atoms with Gasteiger partial charge in [-0.3, -0.25) is 9.69 Å². The highest BCUT2D eigenvalue weighted by Gasteiger charge is 2.22. The maximum atomic E-state index is 12.2. The second kappa shape index (κ2) is 6.35. The van der Waals surface area contributed by atoms with E-state index in [1.807, 2.05) is 12.1 Å². The van der Waals surface area contributed by atoms with E-state index in [1.165, 1.54) is 19.3 Å². The number of hydrogen-bond acceptors (Lipinski definition) is 2. The molecule has 0 aromatic heterocycles. The maximum Gasteiger partial charge on any atom is 0.176 e. The van der Waals surface area contributed by atoms with Gasteiger partial charge in [0.15, 0.2) is 5.78 Å². The molecule has 2 nitrogen and oxygen atoms in total. The standard InChI is InChI=1S/C15H20ClNO/c1-2-14-5-3-4-10-17(14)11-15(18)12-6-8-13(16)9-7-12/h6-9,14H,2-5,10-11H2,1H3. The van der Waals surface area contributed by atoms with Crippen LogP contribution in [0, 0.1) is 0 Å². The number of hydrogen-bond donors (Lipinski definition) is 0. The number of ketones is 1. The lowest BCUT2D eigenvalue weighted by Gasteiger charge is -2.34. The number of likely N-dealkylation sites (tertiary alicyclic amines) is 1. The number of carbonyl (C=O) groups excluding carboxylic acids is 1. The van der Waals surface area contributed by atoms with E-state index in [2.05, 4.69) is 11.8 Å². The smallest absolute Gasteiger partial charge is 0.176 e. The molecule has 0 radical (unpaired) electrons. The average molecular weight is 266 g/mol. The van der Waals surface area contributed by atoms with Crippen molar-refractivity contribution in [3.63, 3.8) is 0 Å². The van der Waals surface area contributed by atoms with E-state index in [0.717, 1.165) is 18.5 Å². The highest BCUT2D eigenvalue weighted by Crippen LogP contribution is 2.20. The van der Waals surface area contributed by atoms with Crippen LogP contribution in [0.15, 0.2) is 24.3 Å². The molecule has 0 bridgehead atoms. The minimum Gasteiger partial charge on any atom is -0.293 e. The van der Waals surface area contributed by atoms with E-state index < -0.39 is 0 Å². The number of carbonyl (C=O) groups is 1. The van der Waals surface area contributed by atoms with Crippen LogP contribution in [0.3, 0.4) is 0 Å². The summed E-state index contributed by atoms with van der Waals surface area (Å²) in [6, 6.07) is 7.77. The molecule has 1 saturated heterocycles. The lowest BCUT2D eigenvalue weighted by Crippen LogP contribution is -2.42. The fourth-order valence-electron chi connectivity index (χ4n) is 2.64.